The minimum absolute atomic E-state index is 0. The Bertz CT molecular complexity index is 743. The van der Waals surface area contributed by atoms with Gasteiger partial charge in [0.25, 0.3) is 0 Å². The molecule has 2 atom stereocenters. The fourth-order valence-corrected chi connectivity index (χ4v) is 2.87. The van der Waals surface area contributed by atoms with Crippen LogP contribution < -0.4 is 35.0 Å². The van der Waals surface area contributed by atoms with Crippen molar-refractivity contribution in [2.45, 2.75) is 12.5 Å². The van der Waals surface area contributed by atoms with Crippen LogP contribution in [0.15, 0.2) is 47.5 Å². The zero-order valence-electron chi connectivity index (χ0n) is 14.1. The van der Waals surface area contributed by atoms with E-state index in [2.05, 4.69) is 16.4 Å². The number of halogens is 2. The van der Waals surface area contributed by atoms with Crippen LogP contribution in [0.5, 0.6) is 11.5 Å². The van der Waals surface area contributed by atoms with E-state index in [1.165, 1.54) is 22.7 Å². The van der Waals surface area contributed by atoms with Crippen LogP contribution in [0.1, 0.15) is 18.1 Å². The van der Waals surface area contributed by atoms with Crippen LogP contribution in [0.25, 0.3) is 0 Å². The summed E-state index contributed by atoms with van der Waals surface area (Å²) in [6.07, 6.45) is 2.28. The number of phenolic OH excluding ortho intramolecular Hbond substituents is 2. The Hall–Kier alpha value is -1.83. The number of para-hydroxylation sites is 2. The third-order valence-electron chi connectivity index (χ3n) is 4.24. The number of phenols is 2. The molecular formula is C18H23Cl2N3O3. The molecule has 0 saturated carbocycles. The van der Waals surface area contributed by atoms with Crippen LogP contribution in [0.2, 0.25) is 0 Å². The van der Waals surface area contributed by atoms with Crippen molar-refractivity contribution in [3.63, 3.8) is 0 Å². The topological polar surface area (TPSA) is 94.1 Å². The molecule has 0 radical (unpaired) electrons. The summed E-state index contributed by atoms with van der Waals surface area (Å²) in [5.74, 6) is -0.382. The first-order chi connectivity index (χ1) is 11.6. The summed E-state index contributed by atoms with van der Waals surface area (Å²) in [6.45, 7) is 2.39. The summed E-state index contributed by atoms with van der Waals surface area (Å²) in [5.41, 5.74) is 2.86. The molecule has 2 unspecified atom stereocenters. The minimum atomic E-state index is -0.669. The van der Waals surface area contributed by atoms with Gasteiger partial charge in [0.05, 0.1) is 13.1 Å². The Kier molecular flexibility index (Phi) is 8.84. The maximum atomic E-state index is 10.1. The maximum absolute atomic E-state index is 10.1. The lowest BCUT2D eigenvalue weighted by Crippen LogP contribution is -3.05. The lowest BCUT2D eigenvalue weighted by Gasteiger charge is -2.12. The SMILES string of the molecule is Oc1ccc(C(O)C[NH2+]CCC[NH+]2C=Nc3ccccc32)cc1O.[Cl-].[Cl-]. The number of fused-ring (bicyclic) bond motifs is 1. The van der Waals surface area contributed by atoms with Gasteiger partial charge in [0, 0.05) is 12.5 Å². The van der Waals surface area contributed by atoms with Crippen molar-refractivity contribution in [3.05, 3.63) is 48.0 Å². The molecule has 0 bridgehead atoms. The summed E-state index contributed by atoms with van der Waals surface area (Å²) >= 11 is 0. The van der Waals surface area contributed by atoms with Crippen molar-refractivity contribution in [2.75, 3.05) is 19.6 Å². The maximum Gasteiger partial charge on any atom is 0.194 e. The van der Waals surface area contributed by atoms with Gasteiger partial charge in [-0.05, 0) is 23.8 Å². The lowest BCUT2D eigenvalue weighted by atomic mass is 10.1. The second-order valence-electron chi connectivity index (χ2n) is 5.98. The zero-order valence-corrected chi connectivity index (χ0v) is 15.7. The zero-order chi connectivity index (χ0) is 16.9. The Balaban J connectivity index is 0.00000169. The molecule has 0 spiro atoms. The van der Waals surface area contributed by atoms with Gasteiger partial charge in [0.15, 0.2) is 23.5 Å². The first-order valence-electron chi connectivity index (χ1n) is 8.16. The monoisotopic (exact) mass is 399 g/mol. The Morgan fingerprint density at radius 2 is 1.81 bits per heavy atom. The molecule has 0 amide bonds. The highest BCUT2D eigenvalue weighted by atomic mass is 35.5. The quantitative estimate of drug-likeness (QED) is 0.237. The molecular weight excluding hydrogens is 377 g/mol. The molecule has 2 aromatic carbocycles. The van der Waals surface area contributed by atoms with E-state index >= 15 is 0 Å². The average Bonchev–Trinajstić information content (AvgIpc) is 3.00. The predicted molar refractivity (Wildman–Crippen MR) is 91.1 cm³/mol. The van der Waals surface area contributed by atoms with Crippen LogP contribution >= 0.6 is 0 Å². The first-order valence-corrected chi connectivity index (χ1v) is 8.16. The van der Waals surface area contributed by atoms with E-state index in [9.17, 15) is 15.3 Å². The third kappa shape index (κ3) is 5.33. The molecule has 1 heterocycles. The van der Waals surface area contributed by atoms with Crippen molar-refractivity contribution < 1.29 is 50.4 Å². The fourth-order valence-electron chi connectivity index (χ4n) is 2.87. The van der Waals surface area contributed by atoms with Gasteiger partial charge in [0.1, 0.15) is 18.3 Å². The highest BCUT2D eigenvalue weighted by molar-refractivity contribution is 5.71. The molecule has 6 N–H and O–H groups in total. The number of rotatable bonds is 7. The van der Waals surface area contributed by atoms with Gasteiger partial charge in [-0.2, -0.15) is 4.99 Å². The molecule has 6 nitrogen and oxygen atoms in total. The van der Waals surface area contributed by atoms with Gasteiger partial charge in [-0.3, -0.25) is 4.90 Å². The molecule has 0 aliphatic carbocycles. The number of nitrogens with zero attached hydrogens (tertiary/aromatic N) is 1. The second-order valence-corrected chi connectivity index (χ2v) is 5.98. The van der Waals surface area contributed by atoms with E-state index in [1.54, 1.807) is 6.07 Å². The lowest BCUT2D eigenvalue weighted by molar-refractivity contribution is -0.729. The molecule has 1 aliphatic heterocycles. The van der Waals surface area contributed by atoms with Crippen LogP contribution in [0.3, 0.4) is 0 Å². The average molecular weight is 400 g/mol. The highest BCUT2D eigenvalue weighted by Gasteiger charge is 2.20. The van der Waals surface area contributed by atoms with Crippen molar-refractivity contribution in [1.29, 1.82) is 0 Å². The molecule has 2 aromatic rings. The number of hydrogen-bond donors (Lipinski definition) is 5. The van der Waals surface area contributed by atoms with Gasteiger partial charge in [-0.25, -0.2) is 0 Å². The van der Waals surface area contributed by atoms with Gasteiger partial charge in [-0.1, -0.05) is 18.2 Å². The Labute approximate surface area is 165 Å². The van der Waals surface area contributed by atoms with E-state index in [-0.39, 0.29) is 36.3 Å². The van der Waals surface area contributed by atoms with Gasteiger partial charge in [0.2, 0.25) is 0 Å². The van der Waals surface area contributed by atoms with Crippen LogP contribution in [-0.4, -0.2) is 41.3 Å². The molecule has 1 aliphatic rings. The molecule has 8 heteroatoms. The second kappa shape index (κ2) is 10.4. The van der Waals surface area contributed by atoms with Crippen molar-refractivity contribution in [2.24, 2.45) is 4.99 Å². The van der Waals surface area contributed by atoms with E-state index in [0.29, 0.717) is 12.1 Å². The number of aromatic hydroxyl groups is 2. The van der Waals surface area contributed by atoms with Crippen LogP contribution in [-0.2, 0) is 0 Å². The van der Waals surface area contributed by atoms with Gasteiger partial charge >= 0.3 is 0 Å². The number of aliphatic hydroxyl groups excluding tert-OH is 1. The molecule has 0 saturated heterocycles. The molecule has 142 valence electrons. The number of quaternary nitrogens is 2. The molecule has 26 heavy (non-hydrogen) atoms. The minimum Gasteiger partial charge on any atom is -1.00 e. The number of hydrogen-bond acceptors (Lipinski definition) is 4. The first kappa shape index (κ1) is 22.2. The smallest absolute Gasteiger partial charge is 0.194 e. The molecule has 0 aromatic heterocycles. The third-order valence-corrected chi connectivity index (χ3v) is 4.24. The van der Waals surface area contributed by atoms with Crippen LogP contribution in [0.4, 0.5) is 11.4 Å². The van der Waals surface area contributed by atoms with Crippen LogP contribution in [0, 0.1) is 0 Å². The highest BCUT2D eigenvalue weighted by Crippen LogP contribution is 2.27. The van der Waals surface area contributed by atoms with Gasteiger partial charge in [-0.15, -0.1) is 0 Å². The summed E-state index contributed by atoms with van der Waals surface area (Å²) in [4.78, 5) is 5.67. The fraction of sp³-hybridized carbons (Fsp3) is 0.278. The van der Waals surface area contributed by atoms with Crippen molar-refractivity contribution in [1.82, 2.24) is 0 Å². The number of aliphatic hydroxyl groups is 1. The Morgan fingerprint density at radius 3 is 2.58 bits per heavy atom. The summed E-state index contributed by atoms with van der Waals surface area (Å²) in [5, 5.41) is 31.0. The normalized spacial score (nSPS) is 15.7. The van der Waals surface area contributed by atoms with Crippen molar-refractivity contribution >= 4 is 17.7 Å². The molecule has 3 rings (SSSR count). The largest absolute Gasteiger partial charge is 1.00 e. The standard InChI is InChI=1S/C18H21N3O3.2ClH/c22-16-7-6-13(10-17(16)23)18(24)11-19-8-3-9-21-12-20-14-4-1-2-5-15(14)21;;/h1-2,4-7,10,12,18-19,22-24H,3,8-9,11H2;2*1H. The molecule has 0 fully saturated rings. The van der Waals surface area contributed by atoms with E-state index < -0.39 is 6.10 Å². The number of benzene rings is 2. The number of nitrogens with one attached hydrogen (secondary N) is 1. The summed E-state index contributed by atoms with van der Waals surface area (Å²) < 4.78 is 0. The van der Waals surface area contributed by atoms with E-state index in [0.717, 1.165) is 25.2 Å². The summed E-state index contributed by atoms with van der Waals surface area (Å²) in [7, 11) is 0. The van der Waals surface area contributed by atoms with Gasteiger partial charge < -0.3 is 45.5 Å². The number of nitrogens with two attached hydrogens (primary N) is 1. The predicted octanol–water partition coefficient (Wildman–Crippen LogP) is -6.02. The Morgan fingerprint density at radius 1 is 1.04 bits per heavy atom. The van der Waals surface area contributed by atoms with E-state index in [1.807, 2.05) is 24.5 Å². The number of aliphatic imine (C=N–C) groups is 1. The van der Waals surface area contributed by atoms with E-state index in [4.69, 9.17) is 0 Å². The van der Waals surface area contributed by atoms with Crippen molar-refractivity contribution in [3.8, 4) is 11.5 Å². The summed E-state index contributed by atoms with van der Waals surface area (Å²) in [6, 6.07) is 12.6.